The summed E-state index contributed by atoms with van der Waals surface area (Å²) in [6, 6.07) is 0. The molecule has 0 heterocycles. The average molecular weight is 230 g/mol. The number of alkyl halides is 1. The van der Waals surface area contributed by atoms with E-state index in [0.717, 1.165) is 0 Å². The van der Waals surface area contributed by atoms with Crippen molar-refractivity contribution >= 4 is 7.32 Å². The lowest BCUT2D eigenvalue weighted by Gasteiger charge is -2.26. The van der Waals surface area contributed by atoms with Crippen LogP contribution in [0.4, 0.5) is 22.0 Å². The molecule has 0 amide bonds. The van der Waals surface area contributed by atoms with Gasteiger partial charge in [-0.25, -0.2) is 22.0 Å². The van der Waals surface area contributed by atoms with Crippen LogP contribution < -0.4 is 0 Å². The van der Waals surface area contributed by atoms with Crippen molar-refractivity contribution in [1.29, 1.82) is 0 Å². The van der Waals surface area contributed by atoms with Gasteiger partial charge in [-0.3, -0.25) is 0 Å². The van der Waals surface area contributed by atoms with Crippen LogP contribution in [0.3, 0.4) is 0 Å². The minimum absolute atomic E-state index is 1.62. The molecule has 0 spiro atoms. The van der Waals surface area contributed by atoms with E-state index in [-0.39, 0.29) is 0 Å². The maximum absolute atomic E-state index is 13.2. The molecule has 15 heavy (non-hydrogen) atoms. The van der Waals surface area contributed by atoms with Gasteiger partial charge in [-0.2, -0.15) is 0 Å². The number of hydrogen-bond acceptors (Lipinski definition) is 3. The Kier molecular flexibility index (Phi) is 3.17. The molecule has 3 nitrogen and oxygen atoms in total. The molecule has 9 heteroatoms. The van der Waals surface area contributed by atoms with Gasteiger partial charge in [0.05, 0.1) is 6.42 Å². The van der Waals surface area contributed by atoms with Crippen molar-refractivity contribution in [2.45, 2.75) is 12.3 Å². The maximum Gasteiger partial charge on any atom is 0.636 e. The van der Waals surface area contributed by atoms with Crippen molar-refractivity contribution < 1.29 is 36.7 Å². The largest absolute Gasteiger partial charge is 0.636 e. The third-order valence-corrected chi connectivity index (χ3v) is 1.63. The summed E-state index contributed by atoms with van der Waals surface area (Å²) < 4.78 is 66.9. The lowest BCUT2D eigenvalue weighted by atomic mass is 10.0. The van der Waals surface area contributed by atoms with Gasteiger partial charge in [-0.1, -0.05) is 0 Å². The molecule has 2 N–H and O–H groups in total. The Bertz CT molecular complexity index is 342. The fourth-order valence-corrected chi connectivity index (χ4v) is 0.995. The maximum atomic E-state index is 13.2. The fourth-order valence-electron chi connectivity index (χ4n) is 0.995. The predicted octanol–water partition coefficient (Wildman–Crippen LogP) is 1.34. The SMILES string of the molecule is OB(O)OC1(F)CC(F)=C(F)C(F)=C1F. The smallest absolute Gasteiger partial charge is 0.402 e. The number of allylic oxidation sites excluding steroid dienone is 2. The Morgan fingerprint density at radius 3 is 2.13 bits per heavy atom. The van der Waals surface area contributed by atoms with E-state index < -0.39 is 42.9 Å². The summed E-state index contributed by atoms with van der Waals surface area (Å²) in [5, 5.41) is 16.4. The third kappa shape index (κ3) is 2.19. The Morgan fingerprint density at radius 1 is 1.13 bits per heavy atom. The minimum Gasteiger partial charge on any atom is -0.402 e. The zero-order valence-corrected chi connectivity index (χ0v) is 6.98. The summed E-state index contributed by atoms with van der Waals surface area (Å²) in [6.07, 6.45) is -1.62. The molecule has 1 aliphatic rings. The van der Waals surface area contributed by atoms with Crippen LogP contribution in [0.1, 0.15) is 6.42 Å². The van der Waals surface area contributed by atoms with Crippen LogP contribution in [-0.2, 0) is 4.65 Å². The standard InChI is InChI=1S/C6H4BF5O3/c8-2-1-6(12,15-7(13)14)5(11)4(10)3(2)9/h13-14H,1H2. The van der Waals surface area contributed by atoms with Crippen LogP contribution in [0, 0.1) is 0 Å². The minimum atomic E-state index is -3.75. The molecule has 0 saturated carbocycles. The number of hydrogen-bond donors (Lipinski definition) is 2. The van der Waals surface area contributed by atoms with Crippen LogP contribution in [-0.4, -0.2) is 23.2 Å². The van der Waals surface area contributed by atoms with Crippen LogP contribution >= 0.6 is 0 Å². The Balaban J connectivity index is 3.08. The van der Waals surface area contributed by atoms with Crippen molar-refractivity contribution in [3.05, 3.63) is 23.3 Å². The van der Waals surface area contributed by atoms with E-state index in [4.69, 9.17) is 10.0 Å². The van der Waals surface area contributed by atoms with Gasteiger partial charge >= 0.3 is 7.32 Å². The molecule has 1 rings (SSSR count). The monoisotopic (exact) mass is 230 g/mol. The molecule has 0 aliphatic heterocycles. The molecule has 0 aromatic heterocycles. The first kappa shape index (κ1) is 12.1. The van der Waals surface area contributed by atoms with E-state index in [0.29, 0.717) is 0 Å². The molecular weight excluding hydrogens is 226 g/mol. The first-order valence-corrected chi connectivity index (χ1v) is 3.61. The molecule has 84 valence electrons. The molecule has 1 unspecified atom stereocenters. The first-order chi connectivity index (χ1) is 6.78. The van der Waals surface area contributed by atoms with E-state index in [1.54, 1.807) is 0 Å². The molecule has 1 aliphatic carbocycles. The van der Waals surface area contributed by atoms with Gasteiger partial charge in [0.15, 0.2) is 11.7 Å². The highest BCUT2D eigenvalue weighted by Gasteiger charge is 2.48. The molecule has 0 aromatic carbocycles. The summed E-state index contributed by atoms with van der Waals surface area (Å²) in [4.78, 5) is 0. The molecular formula is C6H4BF5O3. The van der Waals surface area contributed by atoms with Crippen molar-refractivity contribution in [3.63, 3.8) is 0 Å². The van der Waals surface area contributed by atoms with Crippen molar-refractivity contribution in [2.75, 3.05) is 0 Å². The quantitative estimate of drug-likeness (QED) is 0.555. The summed E-state index contributed by atoms with van der Waals surface area (Å²) in [5.41, 5.74) is 0. The van der Waals surface area contributed by atoms with Gasteiger partial charge in [-0.05, 0) is 0 Å². The first-order valence-electron chi connectivity index (χ1n) is 3.61. The predicted molar refractivity (Wildman–Crippen MR) is 38.2 cm³/mol. The van der Waals surface area contributed by atoms with E-state index in [9.17, 15) is 22.0 Å². The topological polar surface area (TPSA) is 49.7 Å². The van der Waals surface area contributed by atoms with Gasteiger partial charge in [0.25, 0.3) is 5.85 Å². The van der Waals surface area contributed by atoms with E-state index in [1.165, 1.54) is 0 Å². The second-order valence-electron chi connectivity index (χ2n) is 2.70. The highest BCUT2D eigenvalue weighted by Crippen LogP contribution is 2.43. The van der Waals surface area contributed by atoms with Gasteiger partial charge < -0.3 is 14.7 Å². The Morgan fingerprint density at radius 2 is 1.67 bits per heavy atom. The molecule has 0 fully saturated rings. The zero-order chi connectivity index (χ0) is 11.8. The normalized spacial score (nSPS) is 27.4. The summed E-state index contributed by atoms with van der Waals surface area (Å²) >= 11 is 0. The Hall–Kier alpha value is -0.925. The average Bonchev–Trinajstić information content (AvgIpc) is 2.10. The van der Waals surface area contributed by atoms with Crippen LogP contribution in [0.2, 0.25) is 0 Å². The lowest BCUT2D eigenvalue weighted by molar-refractivity contribution is -0.0826. The number of rotatable bonds is 2. The fraction of sp³-hybridized carbons (Fsp3) is 0.333. The van der Waals surface area contributed by atoms with E-state index >= 15 is 0 Å². The lowest BCUT2D eigenvalue weighted by Crippen LogP contribution is -2.38. The highest BCUT2D eigenvalue weighted by atomic mass is 19.2. The molecule has 0 radical (unpaired) electrons. The zero-order valence-electron chi connectivity index (χ0n) is 6.98. The third-order valence-electron chi connectivity index (χ3n) is 1.63. The second-order valence-corrected chi connectivity index (χ2v) is 2.70. The molecule has 0 aromatic rings. The number of halogens is 5. The van der Waals surface area contributed by atoms with Gasteiger partial charge in [-0.15, -0.1) is 0 Å². The van der Waals surface area contributed by atoms with Crippen LogP contribution in [0.25, 0.3) is 0 Å². The van der Waals surface area contributed by atoms with Gasteiger partial charge in [0.2, 0.25) is 5.83 Å². The van der Waals surface area contributed by atoms with Crippen molar-refractivity contribution in [1.82, 2.24) is 0 Å². The summed E-state index contributed by atoms with van der Waals surface area (Å²) in [5.74, 6) is -12.6. The van der Waals surface area contributed by atoms with Crippen molar-refractivity contribution in [2.24, 2.45) is 0 Å². The van der Waals surface area contributed by atoms with E-state index in [1.807, 2.05) is 0 Å². The Labute approximate surface area is 80.6 Å². The summed E-state index contributed by atoms with van der Waals surface area (Å²) in [6.45, 7) is 0. The molecule has 0 saturated heterocycles. The second kappa shape index (κ2) is 3.91. The highest BCUT2D eigenvalue weighted by molar-refractivity contribution is 6.32. The van der Waals surface area contributed by atoms with Crippen molar-refractivity contribution in [3.8, 4) is 0 Å². The molecule has 1 atom stereocenters. The molecule has 0 bridgehead atoms. The summed E-state index contributed by atoms with van der Waals surface area (Å²) in [7, 11) is -2.79. The van der Waals surface area contributed by atoms with Crippen LogP contribution in [0.15, 0.2) is 23.3 Å². The van der Waals surface area contributed by atoms with Gasteiger partial charge in [0, 0.05) is 0 Å². The van der Waals surface area contributed by atoms with Crippen LogP contribution in [0.5, 0.6) is 0 Å². The van der Waals surface area contributed by atoms with E-state index in [2.05, 4.69) is 4.65 Å². The van der Waals surface area contributed by atoms with Gasteiger partial charge in [0.1, 0.15) is 5.83 Å².